The van der Waals surface area contributed by atoms with Crippen LogP contribution in [0.3, 0.4) is 0 Å². The van der Waals surface area contributed by atoms with E-state index in [0.717, 1.165) is 5.56 Å². The maximum absolute atomic E-state index is 11.9. The molecule has 100 valence electrons. The lowest BCUT2D eigenvalue weighted by atomic mass is 10.1. The smallest absolute Gasteiger partial charge is 0.260 e. The summed E-state index contributed by atoms with van der Waals surface area (Å²) >= 11 is 0. The van der Waals surface area contributed by atoms with E-state index < -0.39 is 0 Å². The molecule has 1 heterocycles. The van der Waals surface area contributed by atoms with Gasteiger partial charge >= 0.3 is 0 Å². The summed E-state index contributed by atoms with van der Waals surface area (Å²) in [6.45, 7) is 2.68. The van der Waals surface area contributed by atoms with E-state index in [1.54, 1.807) is 6.07 Å². The fourth-order valence-corrected chi connectivity index (χ4v) is 2.18. The molecule has 0 bridgehead atoms. The van der Waals surface area contributed by atoms with Crippen LogP contribution in [0.1, 0.15) is 11.1 Å². The highest BCUT2D eigenvalue weighted by Crippen LogP contribution is 2.09. The molecule has 4 nitrogen and oxygen atoms in total. The number of aromatic amines is 1. The van der Waals surface area contributed by atoms with Gasteiger partial charge in [-0.3, -0.25) is 9.78 Å². The van der Waals surface area contributed by atoms with Gasteiger partial charge < -0.3 is 5.32 Å². The first kappa shape index (κ1) is 12.4. The third kappa shape index (κ3) is 2.54. The highest BCUT2D eigenvalue weighted by atomic mass is 16.1. The maximum Gasteiger partial charge on any atom is 0.260 e. The van der Waals surface area contributed by atoms with Gasteiger partial charge in [0, 0.05) is 6.54 Å². The topological polar surface area (TPSA) is 57.8 Å². The number of aromatic nitrogens is 2. The molecular formula is C16H15N3O. The zero-order chi connectivity index (χ0) is 13.9. The van der Waals surface area contributed by atoms with E-state index >= 15 is 0 Å². The van der Waals surface area contributed by atoms with Gasteiger partial charge in [0.05, 0.1) is 10.9 Å². The second-order valence-electron chi connectivity index (χ2n) is 4.77. The van der Waals surface area contributed by atoms with Crippen molar-refractivity contribution in [2.24, 2.45) is 0 Å². The molecule has 0 atom stereocenters. The summed E-state index contributed by atoms with van der Waals surface area (Å²) in [5.74, 6) is 0.496. The molecule has 20 heavy (non-hydrogen) atoms. The first-order chi connectivity index (χ1) is 9.72. The monoisotopic (exact) mass is 265 g/mol. The minimum atomic E-state index is -0.123. The molecule has 0 aliphatic rings. The number of anilines is 1. The Hall–Kier alpha value is -2.62. The van der Waals surface area contributed by atoms with Crippen LogP contribution in [0.15, 0.2) is 53.3 Å². The van der Waals surface area contributed by atoms with Crippen molar-refractivity contribution in [3.05, 3.63) is 70.0 Å². The van der Waals surface area contributed by atoms with E-state index in [-0.39, 0.29) is 5.56 Å². The Morgan fingerprint density at radius 2 is 2.00 bits per heavy atom. The molecule has 0 radical (unpaired) electrons. The lowest BCUT2D eigenvalue weighted by Gasteiger charge is -2.07. The molecule has 1 aromatic heterocycles. The molecule has 0 fully saturated rings. The Kier molecular flexibility index (Phi) is 3.21. The van der Waals surface area contributed by atoms with Crippen molar-refractivity contribution in [2.75, 3.05) is 5.32 Å². The van der Waals surface area contributed by atoms with Crippen LogP contribution >= 0.6 is 0 Å². The van der Waals surface area contributed by atoms with Gasteiger partial charge in [-0.2, -0.15) is 0 Å². The predicted molar refractivity (Wildman–Crippen MR) is 80.9 cm³/mol. The lowest BCUT2D eigenvalue weighted by molar-refractivity contribution is 1.05. The normalized spacial score (nSPS) is 10.7. The fourth-order valence-electron chi connectivity index (χ4n) is 2.18. The average Bonchev–Trinajstić information content (AvgIpc) is 2.45. The molecule has 2 aromatic carbocycles. The van der Waals surface area contributed by atoms with Crippen LogP contribution in [0.25, 0.3) is 10.9 Å². The summed E-state index contributed by atoms with van der Waals surface area (Å²) in [5.41, 5.74) is 2.94. The van der Waals surface area contributed by atoms with E-state index in [0.29, 0.717) is 23.4 Å². The molecular weight excluding hydrogens is 250 g/mol. The van der Waals surface area contributed by atoms with E-state index in [2.05, 4.69) is 34.3 Å². The van der Waals surface area contributed by atoms with Gasteiger partial charge in [0.25, 0.3) is 5.56 Å². The van der Waals surface area contributed by atoms with Crippen molar-refractivity contribution in [2.45, 2.75) is 13.5 Å². The van der Waals surface area contributed by atoms with Crippen LogP contribution in [0.2, 0.25) is 0 Å². The number of aryl methyl sites for hydroxylation is 1. The van der Waals surface area contributed by atoms with Gasteiger partial charge in [-0.1, -0.05) is 42.0 Å². The summed E-state index contributed by atoms with van der Waals surface area (Å²) in [6, 6.07) is 15.5. The molecule has 0 saturated carbocycles. The predicted octanol–water partition coefficient (Wildman–Crippen LogP) is 2.84. The van der Waals surface area contributed by atoms with Gasteiger partial charge in [0.15, 0.2) is 0 Å². The SMILES string of the molecule is Cc1cccc(CNc2nc3ccccc3c(=O)[nH]2)c1. The Balaban J connectivity index is 1.86. The van der Waals surface area contributed by atoms with E-state index in [1.807, 2.05) is 30.3 Å². The molecule has 0 aliphatic heterocycles. The number of hydrogen-bond acceptors (Lipinski definition) is 3. The van der Waals surface area contributed by atoms with Crippen LogP contribution in [0.5, 0.6) is 0 Å². The summed E-state index contributed by atoms with van der Waals surface area (Å²) in [6.07, 6.45) is 0. The fraction of sp³-hybridized carbons (Fsp3) is 0.125. The van der Waals surface area contributed by atoms with E-state index in [9.17, 15) is 4.79 Å². The first-order valence-corrected chi connectivity index (χ1v) is 6.51. The van der Waals surface area contributed by atoms with Crippen LogP contribution < -0.4 is 10.9 Å². The Labute approximate surface area is 116 Å². The van der Waals surface area contributed by atoms with Gasteiger partial charge in [0.1, 0.15) is 0 Å². The second kappa shape index (κ2) is 5.17. The molecule has 0 aliphatic carbocycles. The zero-order valence-electron chi connectivity index (χ0n) is 11.2. The summed E-state index contributed by atoms with van der Waals surface area (Å²) < 4.78 is 0. The zero-order valence-corrected chi connectivity index (χ0v) is 11.2. The first-order valence-electron chi connectivity index (χ1n) is 6.51. The van der Waals surface area contributed by atoms with Crippen LogP contribution in [0.4, 0.5) is 5.95 Å². The van der Waals surface area contributed by atoms with Crippen molar-refractivity contribution in [1.29, 1.82) is 0 Å². The van der Waals surface area contributed by atoms with E-state index in [4.69, 9.17) is 0 Å². The largest absolute Gasteiger partial charge is 0.352 e. The van der Waals surface area contributed by atoms with Gasteiger partial charge in [-0.05, 0) is 24.6 Å². The van der Waals surface area contributed by atoms with Crippen LogP contribution in [-0.2, 0) is 6.54 Å². The molecule has 0 saturated heterocycles. The molecule has 2 N–H and O–H groups in total. The maximum atomic E-state index is 11.9. The van der Waals surface area contributed by atoms with Crippen LogP contribution in [0, 0.1) is 6.92 Å². The molecule has 4 heteroatoms. The van der Waals surface area contributed by atoms with Crippen molar-refractivity contribution in [3.8, 4) is 0 Å². The standard InChI is InChI=1S/C16H15N3O/c1-11-5-4-6-12(9-11)10-17-16-18-14-8-3-2-7-13(14)15(20)19-16/h2-9H,10H2,1H3,(H2,17,18,19,20). The second-order valence-corrected chi connectivity index (χ2v) is 4.77. The number of rotatable bonds is 3. The van der Waals surface area contributed by atoms with Gasteiger partial charge in [0.2, 0.25) is 5.95 Å². The van der Waals surface area contributed by atoms with Crippen molar-refractivity contribution in [1.82, 2.24) is 9.97 Å². The van der Waals surface area contributed by atoms with Gasteiger partial charge in [-0.25, -0.2) is 4.98 Å². The minimum absolute atomic E-state index is 0.123. The number of nitrogens with one attached hydrogen (secondary N) is 2. The van der Waals surface area contributed by atoms with Crippen molar-refractivity contribution >= 4 is 16.9 Å². The summed E-state index contributed by atoms with van der Waals surface area (Å²) in [5, 5.41) is 3.76. The molecule has 0 amide bonds. The van der Waals surface area contributed by atoms with E-state index in [1.165, 1.54) is 5.56 Å². The van der Waals surface area contributed by atoms with Crippen LogP contribution in [-0.4, -0.2) is 9.97 Å². The number of hydrogen-bond donors (Lipinski definition) is 2. The third-order valence-electron chi connectivity index (χ3n) is 3.16. The number of nitrogens with zero attached hydrogens (tertiary/aromatic N) is 1. The molecule has 0 unspecified atom stereocenters. The number of H-pyrrole nitrogens is 1. The number of benzene rings is 2. The Bertz CT molecular complexity index is 808. The summed E-state index contributed by atoms with van der Waals surface area (Å²) in [7, 11) is 0. The minimum Gasteiger partial charge on any atom is -0.352 e. The average molecular weight is 265 g/mol. The Morgan fingerprint density at radius 3 is 2.85 bits per heavy atom. The highest BCUT2D eigenvalue weighted by molar-refractivity contribution is 5.78. The Morgan fingerprint density at radius 1 is 1.15 bits per heavy atom. The number of fused-ring (bicyclic) bond motifs is 1. The van der Waals surface area contributed by atoms with Crippen molar-refractivity contribution < 1.29 is 0 Å². The van der Waals surface area contributed by atoms with Crippen molar-refractivity contribution in [3.63, 3.8) is 0 Å². The molecule has 0 spiro atoms. The lowest BCUT2D eigenvalue weighted by Crippen LogP contribution is -2.13. The summed E-state index contributed by atoms with van der Waals surface area (Å²) in [4.78, 5) is 19.1. The highest BCUT2D eigenvalue weighted by Gasteiger charge is 2.02. The molecule has 3 rings (SSSR count). The third-order valence-corrected chi connectivity index (χ3v) is 3.16. The van der Waals surface area contributed by atoms with Gasteiger partial charge in [-0.15, -0.1) is 0 Å². The molecule has 3 aromatic rings. The number of para-hydroxylation sites is 1. The quantitative estimate of drug-likeness (QED) is 0.765.